The minimum absolute atomic E-state index is 0.262. The molecule has 0 spiro atoms. The largest absolute Gasteiger partial charge is 0.462 e. The van der Waals surface area contributed by atoms with E-state index in [9.17, 15) is 4.79 Å². The van der Waals surface area contributed by atoms with Gasteiger partial charge in [-0.25, -0.2) is 4.98 Å². The highest BCUT2D eigenvalue weighted by Gasteiger charge is 2.10. The van der Waals surface area contributed by atoms with Gasteiger partial charge in [-0.3, -0.25) is 4.79 Å². The maximum absolute atomic E-state index is 10.7. The van der Waals surface area contributed by atoms with Crippen molar-refractivity contribution in [2.45, 2.75) is 0 Å². The van der Waals surface area contributed by atoms with Crippen LogP contribution in [0, 0.1) is 0 Å². The normalized spacial score (nSPS) is 10.2. The fourth-order valence-electron chi connectivity index (χ4n) is 0.877. The van der Waals surface area contributed by atoms with Crippen LogP contribution in [0.25, 0.3) is 10.8 Å². The highest BCUT2D eigenvalue weighted by molar-refractivity contribution is 7.13. The topological polar surface area (TPSA) is 43.1 Å². The average molecular weight is 214 g/mol. The number of carbonyl (C=O) groups is 1. The molecule has 0 atom stereocenters. The highest BCUT2D eigenvalue weighted by atomic mass is 35.5. The lowest BCUT2D eigenvalue weighted by Crippen LogP contribution is -1.87. The standard InChI is InChI=1S/C8H4ClNO2S/c9-7(11)5-4-13-8(10-5)6-2-1-3-12-6/h1-4H. The van der Waals surface area contributed by atoms with Crippen molar-refractivity contribution in [1.82, 2.24) is 4.98 Å². The first-order chi connectivity index (χ1) is 6.27. The van der Waals surface area contributed by atoms with Crippen LogP contribution in [-0.4, -0.2) is 10.2 Å². The number of hydrogen-bond acceptors (Lipinski definition) is 4. The fourth-order valence-corrected chi connectivity index (χ4v) is 1.81. The molecular formula is C8H4ClNO2S. The van der Waals surface area contributed by atoms with Crippen LogP contribution >= 0.6 is 22.9 Å². The van der Waals surface area contributed by atoms with E-state index in [1.807, 2.05) is 0 Å². The lowest BCUT2D eigenvalue weighted by atomic mass is 10.4. The molecule has 0 bridgehead atoms. The second kappa shape index (κ2) is 3.32. The first-order valence-corrected chi connectivity index (χ1v) is 4.72. The van der Waals surface area contributed by atoms with E-state index in [-0.39, 0.29) is 5.69 Å². The Hall–Kier alpha value is -1.13. The minimum atomic E-state index is -0.547. The number of furan rings is 1. The fraction of sp³-hybridized carbons (Fsp3) is 0. The molecule has 0 amide bonds. The lowest BCUT2D eigenvalue weighted by Gasteiger charge is -1.85. The summed E-state index contributed by atoms with van der Waals surface area (Å²) in [5.74, 6) is 0.647. The van der Waals surface area contributed by atoms with Gasteiger partial charge in [0.25, 0.3) is 5.24 Å². The van der Waals surface area contributed by atoms with Crippen LogP contribution in [0.1, 0.15) is 10.5 Å². The van der Waals surface area contributed by atoms with Gasteiger partial charge in [-0.1, -0.05) is 0 Å². The van der Waals surface area contributed by atoms with E-state index in [0.717, 1.165) is 0 Å². The van der Waals surface area contributed by atoms with Crippen LogP contribution in [0.3, 0.4) is 0 Å². The van der Waals surface area contributed by atoms with E-state index >= 15 is 0 Å². The van der Waals surface area contributed by atoms with Gasteiger partial charge in [-0.05, 0) is 23.7 Å². The summed E-state index contributed by atoms with van der Waals surface area (Å²) in [4.78, 5) is 14.7. The molecule has 0 N–H and O–H groups in total. The molecule has 0 radical (unpaired) electrons. The summed E-state index contributed by atoms with van der Waals surface area (Å²) in [6, 6.07) is 3.54. The van der Waals surface area contributed by atoms with E-state index in [4.69, 9.17) is 16.0 Å². The van der Waals surface area contributed by atoms with Crippen LogP contribution in [0.15, 0.2) is 28.2 Å². The molecule has 0 unspecified atom stereocenters. The molecule has 2 aromatic heterocycles. The summed E-state index contributed by atoms with van der Waals surface area (Å²) in [5.41, 5.74) is 0.262. The van der Waals surface area contributed by atoms with Gasteiger partial charge >= 0.3 is 0 Å². The maximum atomic E-state index is 10.7. The van der Waals surface area contributed by atoms with Crippen molar-refractivity contribution in [2.24, 2.45) is 0 Å². The van der Waals surface area contributed by atoms with E-state index < -0.39 is 5.24 Å². The minimum Gasteiger partial charge on any atom is -0.462 e. The van der Waals surface area contributed by atoms with Crippen molar-refractivity contribution in [3.63, 3.8) is 0 Å². The molecule has 0 aliphatic rings. The first kappa shape index (κ1) is 8.47. The molecule has 2 heterocycles. The molecule has 3 nitrogen and oxygen atoms in total. The molecular weight excluding hydrogens is 210 g/mol. The molecule has 66 valence electrons. The Morgan fingerprint density at radius 3 is 3.00 bits per heavy atom. The van der Waals surface area contributed by atoms with Gasteiger partial charge in [-0.15, -0.1) is 11.3 Å². The van der Waals surface area contributed by atoms with Gasteiger partial charge in [0.15, 0.2) is 10.8 Å². The summed E-state index contributed by atoms with van der Waals surface area (Å²) < 4.78 is 5.11. The smallest absolute Gasteiger partial charge is 0.271 e. The molecule has 0 aromatic carbocycles. The second-order valence-electron chi connectivity index (χ2n) is 2.29. The number of carbonyl (C=O) groups excluding carboxylic acids is 1. The lowest BCUT2D eigenvalue weighted by molar-refractivity contribution is 0.107. The van der Waals surface area contributed by atoms with Gasteiger partial charge in [0, 0.05) is 5.38 Å². The Balaban J connectivity index is 2.39. The predicted octanol–water partition coefficient (Wildman–Crippen LogP) is 2.78. The zero-order valence-electron chi connectivity index (χ0n) is 6.36. The summed E-state index contributed by atoms with van der Waals surface area (Å²) >= 11 is 6.58. The Kier molecular flexibility index (Phi) is 2.16. The van der Waals surface area contributed by atoms with Gasteiger partial charge in [0.2, 0.25) is 0 Å². The summed E-state index contributed by atoms with van der Waals surface area (Å²) in [7, 11) is 0. The number of rotatable bonds is 2. The molecule has 0 aliphatic heterocycles. The van der Waals surface area contributed by atoms with E-state index in [2.05, 4.69) is 4.98 Å². The zero-order valence-corrected chi connectivity index (χ0v) is 7.93. The van der Waals surface area contributed by atoms with E-state index in [0.29, 0.717) is 10.8 Å². The number of hydrogen-bond donors (Lipinski definition) is 0. The molecule has 2 aromatic rings. The first-order valence-electron chi connectivity index (χ1n) is 3.46. The number of halogens is 1. The van der Waals surface area contributed by atoms with Crippen molar-refractivity contribution in [3.8, 4) is 10.8 Å². The van der Waals surface area contributed by atoms with Gasteiger partial charge < -0.3 is 4.42 Å². The summed E-state index contributed by atoms with van der Waals surface area (Å²) in [6.07, 6.45) is 1.55. The summed E-state index contributed by atoms with van der Waals surface area (Å²) in [5, 5.41) is 1.72. The average Bonchev–Trinajstić information content (AvgIpc) is 2.75. The van der Waals surface area contributed by atoms with Crippen molar-refractivity contribution >= 4 is 28.2 Å². The predicted molar refractivity (Wildman–Crippen MR) is 50.0 cm³/mol. The number of nitrogens with zero attached hydrogens (tertiary/aromatic N) is 1. The van der Waals surface area contributed by atoms with Crippen LogP contribution in [0.5, 0.6) is 0 Å². The van der Waals surface area contributed by atoms with Crippen LogP contribution in [0.2, 0.25) is 0 Å². The monoisotopic (exact) mass is 213 g/mol. The number of aromatic nitrogens is 1. The Labute approximate surface area is 83.0 Å². The SMILES string of the molecule is O=C(Cl)c1csc(-c2ccco2)n1. The number of thiazole rings is 1. The van der Waals surface area contributed by atoms with Crippen molar-refractivity contribution in [1.29, 1.82) is 0 Å². The van der Waals surface area contributed by atoms with Crippen molar-refractivity contribution < 1.29 is 9.21 Å². The molecule has 0 fully saturated rings. The Morgan fingerprint density at radius 1 is 1.62 bits per heavy atom. The summed E-state index contributed by atoms with van der Waals surface area (Å²) in [6.45, 7) is 0. The zero-order chi connectivity index (χ0) is 9.26. The van der Waals surface area contributed by atoms with Crippen LogP contribution < -0.4 is 0 Å². The molecule has 0 aliphatic carbocycles. The third-order valence-electron chi connectivity index (χ3n) is 1.44. The van der Waals surface area contributed by atoms with Crippen molar-refractivity contribution in [2.75, 3.05) is 0 Å². The quantitative estimate of drug-likeness (QED) is 0.721. The Morgan fingerprint density at radius 2 is 2.46 bits per heavy atom. The molecule has 13 heavy (non-hydrogen) atoms. The molecule has 5 heteroatoms. The molecule has 0 saturated heterocycles. The van der Waals surface area contributed by atoms with Crippen molar-refractivity contribution in [3.05, 3.63) is 29.5 Å². The Bertz CT molecular complexity index is 421. The third-order valence-corrected chi connectivity index (χ3v) is 2.49. The van der Waals surface area contributed by atoms with Crippen LogP contribution in [0.4, 0.5) is 0 Å². The molecule has 2 rings (SSSR count). The maximum Gasteiger partial charge on any atom is 0.271 e. The highest BCUT2D eigenvalue weighted by Crippen LogP contribution is 2.24. The van der Waals surface area contributed by atoms with Gasteiger partial charge in [0.1, 0.15) is 5.69 Å². The molecule has 0 saturated carbocycles. The van der Waals surface area contributed by atoms with Gasteiger partial charge in [-0.2, -0.15) is 0 Å². The van der Waals surface area contributed by atoms with Crippen LogP contribution in [-0.2, 0) is 0 Å². The van der Waals surface area contributed by atoms with E-state index in [1.165, 1.54) is 11.3 Å². The third kappa shape index (κ3) is 1.64. The van der Waals surface area contributed by atoms with E-state index in [1.54, 1.807) is 23.8 Å². The van der Waals surface area contributed by atoms with Gasteiger partial charge in [0.05, 0.1) is 6.26 Å². The second-order valence-corrected chi connectivity index (χ2v) is 3.49.